The van der Waals surface area contributed by atoms with Gasteiger partial charge in [0.05, 0.1) is 13.1 Å². The summed E-state index contributed by atoms with van der Waals surface area (Å²) < 4.78 is 0. The smallest absolute Gasteiger partial charge is 0.317 e. The van der Waals surface area contributed by atoms with Gasteiger partial charge in [0.25, 0.3) is 0 Å². The number of carboxylic acids is 1. The molecule has 2 aliphatic rings. The number of carboxylic acid groups (broad SMARTS) is 1. The zero-order valence-corrected chi connectivity index (χ0v) is 13.4. The van der Waals surface area contributed by atoms with E-state index in [1.165, 1.54) is 0 Å². The van der Waals surface area contributed by atoms with E-state index in [-0.39, 0.29) is 24.5 Å². The number of carbonyl (C=O) groups is 1. The summed E-state index contributed by atoms with van der Waals surface area (Å²) >= 11 is 0. The molecule has 7 heteroatoms. The number of nitrogens with zero attached hydrogens (tertiary/aromatic N) is 3. The van der Waals surface area contributed by atoms with Crippen molar-refractivity contribution < 1.29 is 15.0 Å². The SMILES string of the molecule is O=C(O)CN1CCC2(CC1)CCN(Cc1ncc[nH]1)C[C@H]2CO. The monoisotopic (exact) mass is 322 g/mol. The minimum Gasteiger partial charge on any atom is -0.480 e. The molecule has 0 unspecified atom stereocenters. The average molecular weight is 322 g/mol. The molecule has 128 valence electrons. The van der Waals surface area contributed by atoms with Crippen molar-refractivity contribution >= 4 is 5.97 Å². The Labute approximate surface area is 136 Å². The van der Waals surface area contributed by atoms with E-state index in [9.17, 15) is 9.90 Å². The maximum atomic E-state index is 10.9. The number of piperidine rings is 2. The van der Waals surface area contributed by atoms with Crippen LogP contribution >= 0.6 is 0 Å². The predicted octanol–water partition coefficient (Wildman–Crippen LogP) is 0.391. The van der Waals surface area contributed by atoms with Gasteiger partial charge in [-0.2, -0.15) is 0 Å². The summed E-state index contributed by atoms with van der Waals surface area (Å²) in [5.74, 6) is 0.472. The Balaban J connectivity index is 1.58. The Bertz CT molecular complexity index is 511. The lowest BCUT2D eigenvalue weighted by atomic mass is 9.64. The number of H-pyrrole nitrogens is 1. The highest BCUT2D eigenvalue weighted by Crippen LogP contribution is 2.45. The topological polar surface area (TPSA) is 92.7 Å². The third-order valence-corrected chi connectivity index (χ3v) is 5.63. The van der Waals surface area contributed by atoms with Crippen LogP contribution in [0.5, 0.6) is 0 Å². The Morgan fingerprint density at radius 2 is 2.00 bits per heavy atom. The highest BCUT2D eigenvalue weighted by atomic mass is 16.4. The van der Waals surface area contributed by atoms with Crippen LogP contribution in [0.3, 0.4) is 0 Å². The first kappa shape index (κ1) is 16.4. The highest BCUT2D eigenvalue weighted by Gasteiger charge is 2.44. The molecule has 0 radical (unpaired) electrons. The van der Waals surface area contributed by atoms with Gasteiger partial charge in [0.15, 0.2) is 0 Å². The van der Waals surface area contributed by atoms with Crippen molar-refractivity contribution in [2.24, 2.45) is 11.3 Å². The van der Waals surface area contributed by atoms with Crippen LogP contribution in [0, 0.1) is 11.3 Å². The van der Waals surface area contributed by atoms with Crippen LogP contribution in [-0.4, -0.2) is 75.3 Å². The fraction of sp³-hybridized carbons (Fsp3) is 0.750. The van der Waals surface area contributed by atoms with Gasteiger partial charge in [-0.15, -0.1) is 0 Å². The third-order valence-electron chi connectivity index (χ3n) is 5.63. The lowest BCUT2D eigenvalue weighted by molar-refractivity contribution is -0.139. The number of hydrogen-bond acceptors (Lipinski definition) is 5. The molecule has 0 saturated carbocycles. The molecule has 0 aliphatic carbocycles. The van der Waals surface area contributed by atoms with E-state index in [4.69, 9.17) is 5.11 Å². The Morgan fingerprint density at radius 3 is 2.57 bits per heavy atom. The molecule has 1 aromatic heterocycles. The Kier molecular flexibility index (Phi) is 4.99. The van der Waals surface area contributed by atoms with Crippen molar-refractivity contribution in [1.82, 2.24) is 19.8 Å². The summed E-state index contributed by atoms with van der Waals surface area (Å²) in [5.41, 5.74) is 0.170. The van der Waals surface area contributed by atoms with Gasteiger partial charge in [-0.1, -0.05) is 0 Å². The van der Waals surface area contributed by atoms with E-state index in [1.807, 2.05) is 11.1 Å². The molecule has 2 fully saturated rings. The van der Waals surface area contributed by atoms with Gasteiger partial charge >= 0.3 is 5.97 Å². The first-order valence-corrected chi connectivity index (χ1v) is 8.37. The molecule has 7 nitrogen and oxygen atoms in total. The molecular formula is C16H26N4O3. The molecule has 1 aromatic rings. The van der Waals surface area contributed by atoms with Gasteiger partial charge in [-0.3, -0.25) is 14.6 Å². The average Bonchev–Trinajstić information content (AvgIpc) is 3.04. The first-order chi connectivity index (χ1) is 11.1. The van der Waals surface area contributed by atoms with E-state index < -0.39 is 5.97 Å². The molecule has 0 amide bonds. The van der Waals surface area contributed by atoms with Crippen LogP contribution in [0.4, 0.5) is 0 Å². The standard InChI is InChI=1S/C16H26N4O3/c21-12-13-9-20(10-14-17-4-5-18-14)8-3-16(13)1-6-19(7-2-16)11-15(22)23/h4-5,13,21H,1-3,6-12H2,(H,17,18)(H,22,23)/t13-/m0/s1. The minimum atomic E-state index is -0.757. The molecule has 2 saturated heterocycles. The molecule has 0 aromatic carbocycles. The number of nitrogens with one attached hydrogen (secondary N) is 1. The number of rotatable bonds is 5. The van der Waals surface area contributed by atoms with Crippen LogP contribution in [0.1, 0.15) is 25.1 Å². The normalized spacial score (nSPS) is 25.7. The molecule has 1 spiro atoms. The second kappa shape index (κ2) is 6.98. The number of hydrogen-bond donors (Lipinski definition) is 3. The van der Waals surface area contributed by atoms with E-state index >= 15 is 0 Å². The maximum absolute atomic E-state index is 10.9. The van der Waals surface area contributed by atoms with Crippen molar-refractivity contribution in [1.29, 1.82) is 0 Å². The number of aliphatic hydroxyl groups is 1. The number of likely N-dealkylation sites (tertiary alicyclic amines) is 2. The molecule has 23 heavy (non-hydrogen) atoms. The van der Waals surface area contributed by atoms with Crippen LogP contribution in [-0.2, 0) is 11.3 Å². The Morgan fingerprint density at radius 1 is 1.30 bits per heavy atom. The summed E-state index contributed by atoms with van der Waals surface area (Å²) in [4.78, 5) is 22.6. The molecular weight excluding hydrogens is 296 g/mol. The van der Waals surface area contributed by atoms with Crippen molar-refractivity contribution in [3.8, 4) is 0 Å². The fourth-order valence-electron chi connectivity index (χ4n) is 4.18. The molecule has 2 aliphatic heterocycles. The largest absolute Gasteiger partial charge is 0.480 e. The van der Waals surface area contributed by atoms with Crippen LogP contribution in [0.15, 0.2) is 12.4 Å². The lowest BCUT2D eigenvalue weighted by Crippen LogP contribution is -2.53. The summed E-state index contributed by atoms with van der Waals surface area (Å²) in [5, 5.41) is 18.8. The van der Waals surface area contributed by atoms with Gasteiger partial charge in [0.1, 0.15) is 5.82 Å². The molecule has 3 heterocycles. The van der Waals surface area contributed by atoms with Gasteiger partial charge in [-0.05, 0) is 44.3 Å². The molecule has 3 N–H and O–H groups in total. The zero-order chi connectivity index (χ0) is 16.3. The van der Waals surface area contributed by atoms with Crippen molar-refractivity contribution in [2.75, 3.05) is 39.3 Å². The summed E-state index contributed by atoms with van der Waals surface area (Å²) in [6, 6.07) is 0. The van der Waals surface area contributed by atoms with Crippen LogP contribution in [0.25, 0.3) is 0 Å². The maximum Gasteiger partial charge on any atom is 0.317 e. The van der Waals surface area contributed by atoms with Crippen molar-refractivity contribution in [2.45, 2.75) is 25.8 Å². The summed E-state index contributed by atoms with van der Waals surface area (Å²) in [6.45, 7) is 4.66. The van der Waals surface area contributed by atoms with Crippen LogP contribution in [0.2, 0.25) is 0 Å². The first-order valence-electron chi connectivity index (χ1n) is 8.37. The summed E-state index contributed by atoms with van der Waals surface area (Å²) in [6.07, 6.45) is 6.64. The summed E-state index contributed by atoms with van der Waals surface area (Å²) in [7, 11) is 0. The number of aromatic amines is 1. The number of aromatic nitrogens is 2. The van der Waals surface area contributed by atoms with E-state index in [0.717, 1.165) is 57.8 Å². The molecule has 1 atom stereocenters. The predicted molar refractivity (Wildman–Crippen MR) is 84.8 cm³/mol. The second-order valence-electron chi connectivity index (χ2n) is 6.93. The molecule has 0 bridgehead atoms. The molecule has 3 rings (SSSR count). The number of aliphatic hydroxyl groups excluding tert-OH is 1. The minimum absolute atomic E-state index is 0.129. The third kappa shape index (κ3) is 3.73. The van der Waals surface area contributed by atoms with E-state index in [2.05, 4.69) is 14.9 Å². The highest BCUT2D eigenvalue weighted by molar-refractivity contribution is 5.69. The fourth-order valence-corrected chi connectivity index (χ4v) is 4.18. The number of aliphatic carboxylic acids is 1. The van der Waals surface area contributed by atoms with Gasteiger partial charge < -0.3 is 15.2 Å². The van der Waals surface area contributed by atoms with Crippen molar-refractivity contribution in [3.05, 3.63) is 18.2 Å². The quantitative estimate of drug-likeness (QED) is 0.726. The number of imidazole rings is 1. The van der Waals surface area contributed by atoms with Gasteiger partial charge in [0.2, 0.25) is 0 Å². The van der Waals surface area contributed by atoms with Crippen LogP contribution < -0.4 is 0 Å². The van der Waals surface area contributed by atoms with E-state index in [1.54, 1.807) is 6.20 Å². The zero-order valence-electron chi connectivity index (χ0n) is 13.4. The lowest BCUT2D eigenvalue weighted by Gasteiger charge is -2.51. The van der Waals surface area contributed by atoms with Gasteiger partial charge in [0, 0.05) is 31.5 Å². The Hall–Kier alpha value is -1.44. The van der Waals surface area contributed by atoms with Gasteiger partial charge in [-0.25, -0.2) is 4.98 Å². The van der Waals surface area contributed by atoms with Crippen molar-refractivity contribution in [3.63, 3.8) is 0 Å². The van der Waals surface area contributed by atoms with E-state index in [0.29, 0.717) is 0 Å². The second-order valence-corrected chi connectivity index (χ2v) is 6.93.